The molecule has 1 aromatic carbocycles. The van der Waals surface area contributed by atoms with E-state index >= 15 is 0 Å². The summed E-state index contributed by atoms with van der Waals surface area (Å²) in [4.78, 5) is 0. The van der Waals surface area contributed by atoms with Gasteiger partial charge in [-0.05, 0) is 61.4 Å². The first kappa shape index (κ1) is 12.5. The van der Waals surface area contributed by atoms with Crippen molar-refractivity contribution in [3.05, 3.63) is 59.0 Å². The van der Waals surface area contributed by atoms with Crippen molar-refractivity contribution in [3.8, 4) is 0 Å². The molecule has 1 aliphatic rings. The van der Waals surface area contributed by atoms with E-state index in [0.29, 0.717) is 6.42 Å². The molecule has 3 rings (SSSR count). The van der Waals surface area contributed by atoms with Crippen LogP contribution in [-0.4, -0.2) is 5.11 Å². The second-order valence-corrected chi connectivity index (χ2v) is 5.72. The summed E-state index contributed by atoms with van der Waals surface area (Å²) >= 11 is 0. The number of fused-ring (bicyclic) bond motifs is 1. The van der Waals surface area contributed by atoms with E-state index < -0.39 is 5.60 Å². The average molecular weight is 256 g/mol. The molecular formula is C17H20O2. The van der Waals surface area contributed by atoms with Gasteiger partial charge in [-0.15, -0.1) is 0 Å². The Morgan fingerprint density at radius 2 is 1.95 bits per heavy atom. The number of benzene rings is 1. The molecule has 1 aliphatic carbocycles. The fraction of sp³-hybridized carbons (Fsp3) is 0.412. The molecule has 0 fully saturated rings. The lowest BCUT2D eigenvalue weighted by atomic mass is 9.85. The Bertz CT molecular complexity index is 553. The Kier molecular flexibility index (Phi) is 3.19. The summed E-state index contributed by atoms with van der Waals surface area (Å²) in [6.07, 6.45) is 7.03. The van der Waals surface area contributed by atoms with E-state index in [2.05, 4.69) is 18.2 Å². The Labute approximate surface area is 114 Å². The van der Waals surface area contributed by atoms with Crippen LogP contribution >= 0.6 is 0 Å². The number of aryl methyl sites for hydroxylation is 2. The van der Waals surface area contributed by atoms with Gasteiger partial charge in [0.05, 0.1) is 11.9 Å². The van der Waals surface area contributed by atoms with Crippen molar-refractivity contribution in [1.29, 1.82) is 0 Å². The van der Waals surface area contributed by atoms with Crippen molar-refractivity contribution < 1.29 is 9.52 Å². The highest BCUT2D eigenvalue weighted by Crippen LogP contribution is 2.30. The highest BCUT2D eigenvalue weighted by atomic mass is 16.3. The Balaban J connectivity index is 1.88. The smallest absolute Gasteiger partial charge is 0.106 e. The maximum absolute atomic E-state index is 10.7. The Morgan fingerprint density at radius 1 is 1.16 bits per heavy atom. The number of rotatable bonds is 3. The van der Waals surface area contributed by atoms with E-state index in [1.807, 2.05) is 19.1 Å². The summed E-state index contributed by atoms with van der Waals surface area (Å²) in [5.41, 5.74) is 2.97. The van der Waals surface area contributed by atoms with Gasteiger partial charge >= 0.3 is 0 Å². The van der Waals surface area contributed by atoms with E-state index in [1.165, 1.54) is 30.4 Å². The third-order valence-corrected chi connectivity index (χ3v) is 4.07. The van der Waals surface area contributed by atoms with Crippen LogP contribution < -0.4 is 0 Å². The predicted octanol–water partition coefficient (Wildman–Crippen LogP) is 3.61. The van der Waals surface area contributed by atoms with Gasteiger partial charge in [0, 0.05) is 6.42 Å². The van der Waals surface area contributed by atoms with E-state index in [4.69, 9.17) is 4.42 Å². The van der Waals surface area contributed by atoms with Crippen LogP contribution in [0.4, 0.5) is 0 Å². The molecule has 1 aromatic heterocycles. The summed E-state index contributed by atoms with van der Waals surface area (Å²) in [6, 6.07) is 10.2. The van der Waals surface area contributed by atoms with E-state index in [0.717, 1.165) is 17.7 Å². The van der Waals surface area contributed by atoms with Crippen molar-refractivity contribution in [2.24, 2.45) is 0 Å². The van der Waals surface area contributed by atoms with Gasteiger partial charge in [0.2, 0.25) is 0 Å². The van der Waals surface area contributed by atoms with Crippen molar-refractivity contribution in [1.82, 2.24) is 0 Å². The molecule has 0 radical (unpaired) electrons. The summed E-state index contributed by atoms with van der Waals surface area (Å²) in [5.74, 6) is 0.822. The zero-order chi connectivity index (χ0) is 13.3. The third kappa shape index (κ3) is 2.59. The fourth-order valence-electron chi connectivity index (χ4n) is 2.92. The molecule has 2 aromatic rings. The number of hydrogen-bond donors (Lipinski definition) is 1. The second-order valence-electron chi connectivity index (χ2n) is 5.72. The maximum Gasteiger partial charge on any atom is 0.106 e. The molecule has 0 aliphatic heterocycles. The van der Waals surface area contributed by atoms with Crippen LogP contribution in [0.1, 0.15) is 42.2 Å². The van der Waals surface area contributed by atoms with E-state index in [-0.39, 0.29) is 0 Å². The molecule has 19 heavy (non-hydrogen) atoms. The Morgan fingerprint density at radius 3 is 2.68 bits per heavy atom. The van der Waals surface area contributed by atoms with Crippen LogP contribution in [0.25, 0.3) is 0 Å². The first-order valence-corrected chi connectivity index (χ1v) is 7.02. The van der Waals surface area contributed by atoms with Crippen LogP contribution in [0.3, 0.4) is 0 Å². The number of aliphatic hydroxyl groups is 1. The van der Waals surface area contributed by atoms with Gasteiger partial charge in [0.1, 0.15) is 5.76 Å². The minimum Gasteiger partial charge on any atom is -0.469 e. The molecule has 0 saturated carbocycles. The lowest BCUT2D eigenvalue weighted by molar-refractivity contribution is 0.0520. The van der Waals surface area contributed by atoms with Gasteiger partial charge in [-0.2, -0.15) is 0 Å². The van der Waals surface area contributed by atoms with Crippen molar-refractivity contribution in [3.63, 3.8) is 0 Å². The van der Waals surface area contributed by atoms with E-state index in [9.17, 15) is 5.11 Å². The lowest BCUT2D eigenvalue weighted by Gasteiger charge is -2.25. The lowest BCUT2D eigenvalue weighted by Crippen LogP contribution is -2.24. The number of furan rings is 1. The monoisotopic (exact) mass is 256 g/mol. The zero-order valence-corrected chi connectivity index (χ0v) is 11.4. The van der Waals surface area contributed by atoms with Crippen LogP contribution in [0.5, 0.6) is 0 Å². The summed E-state index contributed by atoms with van der Waals surface area (Å²) in [6.45, 7) is 1.86. The molecule has 0 saturated heterocycles. The summed E-state index contributed by atoms with van der Waals surface area (Å²) in [7, 11) is 0. The Hall–Kier alpha value is -1.54. The van der Waals surface area contributed by atoms with Gasteiger partial charge in [-0.25, -0.2) is 0 Å². The molecule has 1 atom stereocenters. The zero-order valence-electron chi connectivity index (χ0n) is 11.4. The molecule has 1 unspecified atom stereocenters. The molecule has 2 heteroatoms. The average Bonchev–Trinajstić information content (AvgIpc) is 2.90. The molecule has 100 valence electrons. The van der Waals surface area contributed by atoms with Gasteiger partial charge < -0.3 is 9.52 Å². The maximum atomic E-state index is 10.7. The SMILES string of the molecule is CC(O)(Cc1ccco1)c1ccc2c(c1)CCCC2. The first-order chi connectivity index (χ1) is 9.15. The van der Waals surface area contributed by atoms with Crippen molar-refractivity contribution in [2.75, 3.05) is 0 Å². The van der Waals surface area contributed by atoms with Crippen molar-refractivity contribution in [2.45, 2.75) is 44.6 Å². The summed E-state index contributed by atoms with van der Waals surface area (Å²) in [5, 5.41) is 10.7. The first-order valence-electron chi connectivity index (χ1n) is 7.02. The van der Waals surface area contributed by atoms with Gasteiger partial charge in [0.15, 0.2) is 0 Å². The van der Waals surface area contributed by atoms with Crippen LogP contribution in [0.2, 0.25) is 0 Å². The van der Waals surface area contributed by atoms with Crippen LogP contribution in [0, 0.1) is 0 Å². The summed E-state index contributed by atoms with van der Waals surface area (Å²) < 4.78 is 5.34. The fourth-order valence-corrected chi connectivity index (χ4v) is 2.92. The van der Waals surface area contributed by atoms with Gasteiger partial charge in [0.25, 0.3) is 0 Å². The third-order valence-electron chi connectivity index (χ3n) is 4.07. The topological polar surface area (TPSA) is 33.4 Å². The molecule has 0 spiro atoms. The van der Waals surface area contributed by atoms with Crippen LogP contribution in [-0.2, 0) is 24.9 Å². The second kappa shape index (κ2) is 4.86. The minimum atomic E-state index is -0.871. The van der Waals surface area contributed by atoms with Crippen molar-refractivity contribution >= 4 is 0 Å². The van der Waals surface area contributed by atoms with Gasteiger partial charge in [-0.1, -0.05) is 18.2 Å². The largest absolute Gasteiger partial charge is 0.469 e. The highest BCUT2D eigenvalue weighted by molar-refractivity contribution is 5.36. The molecular weight excluding hydrogens is 236 g/mol. The molecule has 0 bridgehead atoms. The molecule has 1 heterocycles. The standard InChI is InChI=1S/C17H20O2/c1-17(18,12-16-7-4-10-19-16)15-9-8-13-5-2-3-6-14(13)11-15/h4,7-11,18H,2-3,5-6,12H2,1H3. The number of hydrogen-bond acceptors (Lipinski definition) is 2. The minimum absolute atomic E-state index is 0.513. The highest BCUT2D eigenvalue weighted by Gasteiger charge is 2.26. The van der Waals surface area contributed by atoms with Gasteiger partial charge in [-0.3, -0.25) is 0 Å². The normalized spacial score (nSPS) is 17.8. The predicted molar refractivity (Wildman–Crippen MR) is 75.1 cm³/mol. The van der Waals surface area contributed by atoms with Crippen LogP contribution in [0.15, 0.2) is 41.0 Å². The van der Waals surface area contributed by atoms with E-state index in [1.54, 1.807) is 6.26 Å². The molecule has 1 N–H and O–H groups in total. The quantitative estimate of drug-likeness (QED) is 0.910. The molecule has 2 nitrogen and oxygen atoms in total. The molecule has 0 amide bonds.